The van der Waals surface area contributed by atoms with E-state index in [0.717, 1.165) is 11.5 Å². The molecule has 0 saturated heterocycles. The lowest BCUT2D eigenvalue weighted by Gasteiger charge is -2.22. The van der Waals surface area contributed by atoms with Crippen molar-refractivity contribution in [3.05, 3.63) is 35.4 Å². The van der Waals surface area contributed by atoms with Gasteiger partial charge in [0.15, 0.2) is 5.05 Å². The summed E-state index contributed by atoms with van der Waals surface area (Å²) in [5, 5.41) is 0.641. The van der Waals surface area contributed by atoms with Gasteiger partial charge in [0, 0.05) is 5.56 Å². The van der Waals surface area contributed by atoms with Crippen LogP contribution < -0.4 is 0 Å². The molecule has 1 nitrogen and oxygen atoms in total. The van der Waals surface area contributed by atoms with Crippen molar-refractivity contribution in [2.45, 2.75) is 38.0 Å². The summed E-state index contributed by atoms with van der Waals surface area (Å²) in [5.74, 6) is 0.772. The van der Waals surface area contributed by atoms with Gasteiger partial charge in [0.05, 0.1) is 0 Å². The Balaban J connectivity index is 2.09. The average Bonchev–Trinajstić information content (AvgIpc) is 2.39. The molecule has 86 valence electrons. The molecular weight excluding hydrogens is 232 g/mol. The van der Waals surface area contributed by atoms with Gasteiger partial charge < -0.3 is 4.43 Å². The Hall–Kier alpha value is -0.673. The van der Waals surface area contributed by atoms with E-state index in [1.807, 2.05) is 0 Å². The van der Waals surface area contributed by atoms with Crippen LogP contribution in [0.3, 0.4) is 0 Å². The maximum atomic E-state index is 5.19. The minimum absolute atomic E-state index is 0.641. The molecule has 0 spiro atoms. The van der Waals surface area contributed by atoms with Crippen molar-refractivity contribution in [3.8, 4) is 0 Å². The topological polar surface area (TPSA) is 9.23 Å². The van der Waals surface area contributed by atoms with Gasteiger partial charge in [0.1, 0.15) is 0 Å². The summed E-state index contributed by atoms with van der Waals surface area (Å²) >= 11 is 5.13. The second-order valence-corrected chi connectivity index (χ2v) is 5.23. The Morgan fingerprint density at radius 1 is 1.12 bits per heavy atom. The number of thiocarbonyl (C=S) groups is 1. The van der Waals surface area contributed by atoms with Crippen molar-refractivity contribution in [2.75, 3.05) is 0 Å². The highest BCUT2D eigenvalue weighted by atomic mass is 32.1. The van der Waals surface area contributed by atoms with E-state index >= 15 is 0 Å². The summed E-state index contributed by atoms with van der Waals surface area (Å²) in [6, 6.07) is 8.64. The van der Waals surface area contributed by atoms with Crippen LogP contribution >= 0.6 is 12.2 Å². The molecule has 1 aromatic rings. The maximum Gasteiger partial charge on any atom is 0.205 e. The van der Waals surface area contributed by atoms with E-state index in [1.165, 1.54) is 37.7 Å². The smallest absolute Gasteiger partial charge is 0.205 e. The van der Waals surface area contributed by atoms with Crippen LogP contribution in [-0.2, 0) is 4.43 Å². The Labute approximate surface area is 106 Å². The highest BCUT2D eigenvalue weighted by molar-refractivity contribution is 7.80. The summed E-state index contributed by atoms with van der Waals surface area (Å²) < 4.78 is 5.19. The second-order valence-electron chi connectivity index (χ2n) is 4.45. The quantitative estimate of drug-likeness (QED) is 0.589. The van der Waals surface area contributed by atoms with Crippen LogP contribution in [-0.4, -0.2) is 15.5 Å². The van der Waals surface area contributed by atoms with Crippen LogP contribution in [0.2, 0.25) is 0 Å². The van der Waals surface area contributed by atoms with Gasteiger partial charge in [-0.2, -0.15) is 0 Å². The maximum absolute atomic E-state index is 5.19. The second kappa shape index (κ2) is 5.59. The molecule has 0 bridgehead atoms. The summed E-state index contributed by atoms with van der Waals surface area (Å²) in [6.45, 7) is 0. The molecule has 0 N–H and O–H groups in total. The molecule has 0 radical (unpaired) electrons. The first kappa shape index (κ1) is 11.8. The molecule has 2 rings (SSSR count). The average molecular weight is 250 g/mol. The van der Waals surface area contributed by atoms with Crippen LogP contribution in [0.5, 0.6) is 0 Å². The van der Waals surface area contributed by atoms with Gasteiger partial charge in [-0.05, 0) is 36.5 Å². The largest absolute Gasteiger partial charge is 0.545 e. The van der Waals surface area contributed by atoms with Crippen LogP contribution in [0.25, 0.3) is 0 Å². The normalized spacial score (nSPS) is 17.2. The van der Waals surface area contributed by atoms with Gasteiger partial charge in [0.2, 0.25) is 10.5 Å². The van der Waals surface area contributed by atoms with Crippen LogP contribution in [0.4, 0.5) is 0 Å². The standard InChI is InChI=1S/C13H18OSSi/c15-13(14-16)12-8-6-11(7-9-12)10-4-2-1-3-5-10/h6-10H,1-5H2,16H3. The molecule has 16 heavy (non-hydrogen) atoms. The van der Waals surface area contributed by atoms with Crippen molar-refractivity contribution in [3.63, 3.8) is 0 Å². The van der Waals surface area contributed by atoms with Gasteiger partial charge in [-0.25, -0.2) is 0 Å². The Morgan fingerprint density at radius 2 is 1.75 bits per heavy atom. The first-order valence-electron chi connectivity index (χ1n) is 5.99. The zero-order valence-corrected chi connectivity index (χ0v) is 12.6. The summed E-state index contributed by atoms with van der Waals surface area (Å²) in [5.41, 5.74) is 2.52. The lowest BCUT2D eigenvalue weighted by atomic mass is 9.84. The predicted octanol–water partition coefficient (Wildman–Crippen LogP) is 2.71. The molecular formula is C13H18OSSi. The lowest BCUT2D eigenvalue weighted by molar-refractivity contribution is 0.443. The van der Waals surface area contributed by atoms with Crippen molar-refractivity contribution >= 4 is 27.8 Å². The zero-order valence-electron chi connectivity index (χ0n) is 9.74. The van der Waals surface area contributed by atoms with Crippen molar-refractivity contribution < 1.29 is 4.43 Å². The molecule has 0 amide bonds. The number of hydrogen-bond donors (Lipinski definition) is 0. The van der Waals surface area contributed by atoms with Gasteiger partial charge in [-0.3, -0.25) is 0 Å². The molecule has 1 saturated carbocycles. The molecule has 0 unspecified atom stereocenters. The first-order chi connectivity index (χ1) is 7.81. The molecule has 0 atom stereocenters. The summed E-state index contributed by atoms with van der Waals surface area (Å²) in [6.07, 6.45) is 6.87. The molecule has 1 aromatic carbocycles. The van der Waals surface area contributed by atoms with Crippen LogP contribution in [0.15, 0.2) is 24.3 Å². The lowest BCUT2D eigenvalue weighted by Crippen LogP contribution is -2.05. The fraction of sp³-hybridized carbons (Fsp3) is 0.462. The van der Waals surface area contributed by atoms with E-state index in [0.29, 0.717) is 15.5 Å². The number of benzene rings is 1. The Bertz CT molecular complexity index is 355. The highest BCUT2D eigenvalue weighted by Crippen LogP contribution is 2.32. The van der Waals surface area contributed by atoms with Gasteiger partial charge in [-0.15, -0.1) is 0 Å². The van der Waals surface area contributed by atoms with E-state index in [9.17, 15) is 0 Å². The molecule has 0 aromatic heterocycles. The van der Waals surface area contributed by atoms with E-state index in [2.05, 4.69) is 24.3 Å². The third kappa shape index (κ3) is 2.71. The summed E-state index contributed by atoms with van der Waals surface area (Å²) in [4.78, 5) is 0. The molecule has 1 aliphatic rings. The van der Waals surface area contributed by atoms with E-state index in [1.54, 1.807) is 0 Å². The van der Waals surface area contributed by atoms with Gasteiger partial charge in [0.25, 0.3) is 0 Å². The first-order valence-corrected chi connectivity index (χ1v) is 7.22. The molecule has 0 aliphatic heterocycles. The van der Waals surface area contributed by atoms with E-state index in [-0.39, 0.29) is 0 Å². The fourth-order valence-corrected chi connectivity index (χ4v) is 2.82. The van der Waals surface area contributed by atoms with Crippen molar-refractivity contribution in [2.24, 2.45) is 0 Å². The van der Waals surface area contributed by atoms with E-state index < -0.39 is 0 Å². The minimum Gasteiger partial charge on any atom is -0.545 e. The minimum atomic E-state index is 0.641. The zero-order chi connectivity index (χ0) is 11.4. The predicted molar refractivity (Wildman–Crippen MR) is 75.0 cm³/mol. The third-order valence-electron chi connectivity index (χ3n) is 3.41. The monoisotopic (exact) mass is 250 g/mol. The number of rotatable bonds is 2. The Kier molecular flexibility index (Phi) is 4.13. The van der Waals surface area contributed by atoms with Gasteiger partial charge in [-0.1, -0.05) is 43.5 Å². The molecule has 0 heterocycles. The fourth-order valence-electron chi connectivity index (χ4n) is 2.45. The molecule has 1 aliphatic carbocycles. The van der Waals surface area contributed by atoms with Crippen LogP contribution in [0, 0.1) is 0 Å². The summed E-state index contributed by atoms with van der Waals surface area (Å²) in [7, 11) is 0.672. The van der Waals surface area contributed by atoms with Crippen molar-refractivity contribution in [1.29, 1.82) is 0 Å². The van der Waals surface area contributed by atoms with Crippen LogP contribution in [0.1, 0.15) is 49.1 Å². The number of hydrogen-bond acceptors (Lipinski definition) is 2. The Morgan fingerprint density at radius 3 is 2.31 bits per heavy atom. The molecule has 3 heteroatoms. The van der Waals surface area contributed by atoms with Crippen molar-refractivity contribution in [1.82, 2.24) is 0 Å². The third-order valence-corrected chi connectivity index (χ3v) is 4.51. The molecule has 1 fully saturated rings. The SMILES string of the molecule is [SiH3]OC(=S)c1ccc(C2CCCCC2)cc1. The highest BCUT2D eigenvalue weighted by Gasteiger charge is 2.15. The van der Waals surface area contributed by atoms with E-state index in [4.69, 9.17) is 16.6 Å². The van der Waals surface area contributed by atoms with Gasteiger partial charge >= 0.3 is 0 Å².